The molecule has 5 aromatic rings. The van der Waals surface area contributed by atoms with E-state index in [1.54, 1.807) is 15.9 Å². The highest BCUT2D eigenvalue weighted by atomic mass is 32.1. The first-order valence-electron chi connectivity index (χ1n) is 11.2. The quantitative estimate of drug-likeness (QED) is 0.261. The fraction of sp³-hybridized carbons (Fsp3) is 0.138. The standard InChI is InChI=1S/C29H22F2N2S/c1-17-8-13-27(34-17)25-16-33(26-12-10-19(30)15-24(26)31)28(32-25)18-9-11-21-20-6-4-5-7-22(20)29(2,3)23(21)14-18/h4-16H,1-3H3. The SMILES string of the molecule is Cc1ccc(-c2cn(-c3ccc(F)cc3F)c(-c3ccc4c(c3)C(C)(C)c3ccccc3-4)n2)s1. The highest BCUT2D eigenvalue weighted by Gasteiger charge is 2.35. The monoisotopic (exact) mass is 468 g/mol. The molecule has 6 rings (SSSR count). The lowest BCUT2D eigenvalue weighted by molar-refractivity contribution is 0.578. The van der Waals surface area contributed by atoms with Crippen molar-refractivity contribution in [2.75, 3.05) is 0 Å². The molecule has 0 radical (unpaired) electrons. The van der Waals surface area contributed by atoms with E-state index in [-0.39, 0.29) is 11.1 Å². The van der Waals surface area contributed by atoms with Gasteiger partial charge in [0, 0.05) is 28.1 Å². The second-order valence-electron chi connectivity index (χ2n) is 9.26. The number of benzene rings is 3. The van der Waals surface area contributed by atoms with E-state index in [9.17, 15) is 8.78 Å². The minimum Gasteiger partial charge on any atom is -0.296 e. The van der Waals surface area contributed by atoms with E-state index in [1.807, 2.05) is 31.3 Å². The Morgan fingerprint density at radius 2 is 1.65 bits per heavy atom. The Morgan fingerprint density at radius 1 is 0.853 bits per heavy atom. The number of imidazole rings is 1. The van der Waals surface area contributed by atoms with Gasteiger partial charge in [0.05, 0.1) is 16.3 Å². The van der Waals surface area contributed by atoms with E-state index in [1.165, 1.54) is 39.3 Å². The van der Waals surface area contributed by atoms with Gasteiger partial charge in [0.25, 0.3) is 0 Å². The fourth-order valence-corrected chi connectivity index (χ4v) is 5.80. The Morgan fingerprint density at radius 3 is 2.41 bits per heavy atom. The van der Waals surface area contributed by atoms with E-state index in [2.05, 4.69) is 50.2 Å². The van der Waals surface area contributed by atoms with Crippen molar-refractivity contribution in [3.05, 3.63) is 107 Å². The van der Waals surface area contributed by atoms with E-state index in [0.717, 1.165) is 22.2 Å². The summed E-state index contributed by atoms with van der Waals surface area (Å²) in [5.41, 5.74) is 6.74. The molecule has 5 heteroatoms. The maximum absolute atomic E-state index is 14.9. The van der Waals surface area contributed by atoms with Crippen molar-refractivity contribution < 1.29 is 8.78 Å². The number of nitrogens with zero attached hydrogens (tertiary/aromatic N) is 2. The number of fused-ring (bicyclic) bond motifs is 3. The van der Waals surface area contributed by atoms with Crippen LogP contribution in [0.25, 0.3) is 38.8 Å². The largest absolute Gasteiger partial charge is 0.296 e. The smallest absolute Gasteiger partial charge is 0.150 e. The van der Waals surface area contributed by atoms with Gasteiger partial charge in [-0.05, 0) is 59.5 Å². The van der Waals surface area contributed by atoms with Gasteiger partial charge in [0.2, 0.25) is 0 Å². The molecule has 34 heavy (non-hydrogen) atoms. The van der Waals surface area contributed by atoms with Crippen molar-refractivity contribution in [1.29, 1.82) is 0 Å². The van der Waals surface area contributed by atoms with Crippen LogP contribution in [-0.4, -0.2) is 9.55 Å². The molecule has 0 unspecified atom stereocenters. The van der Waals surface area contributed by atoms with Crippen LogP contribution in [0.15, 0.2) is 79.0 Å². The predicted octanol–water partition coefficient (Wildman–Crippen LogP) is 8.16. The van der Waals surface area contributed by atoms with Crippen molar-refractivity contribution in [3.8, 4) is 38.8 Å². The third kappa shape index (κ3) is 3.15. The van der Waals surface area contributed by atoms with Crippen LogP contribution in [0, 0.1) is 18.6 Å². The van der Waals surface area contributed by atoms with Crippen LogP contribution >= 0.6 is 11.3 Å². The number of aromatic nitrogens is 2. The molecular weight excluding hydrogens is 446 g/mol. The lowest BCUT2D eigenvalue weighted by atomic mass is 9.82. The molecule has 2 aromatic heterocycles. The third-order valence-corrected chi connectivity index (χ3v) is 7.73. The molecule has 0 atom stereocenters. The summed E-state index contributed by atoms with van der Waals surface area (Å²) in [6.07, 6.45) is 1.84. The van der Waals surface area contributed by atoms with Gasteiger partial charge in [-0.25, -0.2) is 13.8 Å². The molecule has 0 bridgehead atoms. The van der Waals surface area contributed by atoms with Crippen molar-refractivity contribution in [3.63, 3.8) is 0 Å². The Labute approximate surface area is 201 Å². The van der Waals surface area contributed by atoms with Crippen LogP contribution in [0.5, 0.6) is 0 Å². The summed E-state index contributed by atoms with van der Waals surface area (Å²) in [6, 6.07) is 22.6. The number of hydrogen-bond donors (Lipinski definition) is 0. The maximum atomic E-state index is 14.9. The Balaban J connectivity index is 1.57. The number of halogens is 2. The molecule has 0 saturated carbocycles. The van der Waals surface area contributed by atoms with Gasteiger partial charge in [-0.2, -0.15) is 0 Å². The molecule has 2 nitrogen and oxygen atoms in total. The molecule has 1 aliphatic rings. The molecule has 3 aromatic carbocycles. The molecule has 0 amide bonds. The minimum atomic E-state index is -0.624. The van der Waals surface area contributed by atoms with Crippen molar-refractivity contribution >= 4 is 11.3 Å². The molecule has 0 saturated heterocycles. The van der Waals surface area contributed by atoms with E-state index < -0.39 is 11.6 Å². The number of hydrogen-bond acceptors (Lipinski definition) is 2. The van der Waals surface area contributed by atoms with Crippen LogP contribution in [0.3, 0.4) is 0 Å². The first-order valence-corrected chi connectivity index (χ1v) is 12.0. The highest BCUT2D eigenvalue weighted by Crippen LogP contribution is 2.49. The van der Waals surface area contributed by atoms with Crippen LogP contribution in [0.4, 0.5) is 8.78 Å². The average molecular weight is 469 g/mol. The summed E-state index contributed by atoms with van der Waals surface area (Å²) in [4.78, 5) is 7.12. The topological polar surface area (TPSA) is 17.8 Å². The Bertz CT molecular complexity index is 1580. The summed E-state index contributed by atoms with van der Waals surface area (Å²) in [5, 5.41) is 0. The molecule has 2 heterocycles. The van der Waals surface area contributed by atoms with Crippen LogP contribution < -0.4 is 0 Å². The first kappa shape index (κ1) is 21.0. The lowest BCUT2D eigenvalue weighted by Crippen LogP contribution is -2.15. The number of aryl methyl sites for hydroxylation is 1. The van der Waals surface area contributed by atoms with Crippen LogP contribution in [0.1, 0.15) is 29.9 Å². The summed E-state index contributed by atoms with van der Waals surface area (Å²) in [5.74, 6) is -0.600. The molecule has 1 aliphatic carbocycles. The summed E-state index contributed by atoms with van der Waals surface area (Å²) < 4.78 is 30.3. The van der Waals surface area contributed by atoms with Crippen molar-refractivity contribution in [2.24, 2.45) is 0 Å². The second-order valence-corrected chi connectivity index (χ2v) is 10.5. The minimum absolute atomic E-state index is 0.159. The normalized spacial score (nSPS) is 13.7. The number of rotatable bonds is 3. The molecule has 0 N–H and O–H groups in total. The van der Waals surface area contributed by atoms with Crippen LogP contribution in [0.2, 0.25) is 0 Å². The zero-order valence-corrected chi connectivity index (χ0v) is 19.9. The van der Waals surface area contributed by atoms with Gasteiger partial charge in [0.1, 0.15) is 17.5 Å². The molecular formula is C29H22F2N2S. The van der Waals surface area contributed by atoms with Gasteiger partial charge in [-0.3, -0.25) is 4.57 Å². The van der Waals surface area contributed by atoms with Gasteiger partial charge >= 0.3 is 0 Å². The average Bonchev–Trinajstić information content (AvgIpc) is 3.50. The fourth-order valence-electron chi connectivity index (χ4n) is 4.98. The van der Waals surface area contributed by atoms with Gasteiger partial charge in [0.15, 0.2) is 0 Å². The van der Waals surface area contributed by atoms with Gasteiger partial charge in [-0.15, -0.1) is 11.3 Å². The highest BCUT2D eigenvalue weighted by molar-refractivity contribution is 7.15. The van der Waals surface area contributed by atoms with Gasteiger partial charge in [-0.1, -0.05) is 50.2 Å². The summed E-state index contributed by atoms with van der Waals surface area (Å²) >= 11 is 1.64. The third-order valence-electron chi connectivity index (χ3n) is 6.71. The first-order chi connectivity index (χ1) is 16.3. The van der Waals surface area contributed by atoms with E-state index in [0.29, 0.717) is 5.82 Å². The molecule has 0 aliphatic heterocycles. The zero-order valence-electron chi connectivity index (χ0n) is 19.1. The van der Waals surface area contributed by atoms with Gasteiger partial charge < -0.3 is 0 Å². The lowest BCUT2D eigenvalue weighted by Gasteiger charge is -2.22. The molecule has 0 fully saturated rings. The molecule has 168 valence electrons. The Hall–Kier alpha value is -3.57. The van der Waals surface area contributed by atoms with Crippen LogP contribution in [-0.2, 0) is 5.41 Å². The van der Waals surface area contributed by atoms with Crippen molar-refractivity contribution in [1.82, 2.24) is 9.55 Å². The number of thiophene rings is 1. The van der Waals surface area contributed by atoms with E-state index >= 15 is 0 Å². The summed E-state index contributed by atoms with van der Waals surface area (Å²) in [6.45, 7) is 6.51. The maximum Gasteiger partial charge on any atom is 0.150 e. The summed E-state index contributed by atoms with van der Waals surface area (Å²) in [7, 11) is 0. The zero-order chi connectivity index (χ0) is 23.6. The molecule has 0 spiro atoms. The van der Waals surface area contributed by atoms with E-state index in [4.69, 9.17) is 4.98 Å². The second kappa shape index (κ2) is 7.47. The van der Waals surface area contributed by atoms with Crippen molar-refractivity contribution in [2.45, 2.75) is 26.2 Å². The predicted molar refractivity (Wildman–Crippen MR) is 135 cm³/mol. The Kier molecular flexibility index (Phi) is 4.61.